The van der Waals surface area contributed by atoms with E-state index in [1.807, 2.05) is 24.3 Å². The largest absolute Gasteiger partial charge is 0.463 e. The van der Waals surface area contributed by atoms with Gasteiger partial charge in [0.25, 0.3) is 5.88 Å². The number of rotatable bonds is 6. The lowest BCUT2D eigenvalue weighted by Crippen LogP contribution is -2.31. The summed E-state index contributed by atoms with van der Waals surface area (Å²) in [5.74, 6) is -0.724. The Morgan fingerprint density at radius 1 is 1.15 bits per heavy atom. The van der Waals surface area contributed by atoms with Crippen LogP contribution >= 0.6 is 0 Å². The van der Waals surface area contributed by atoms with Gasteiger partial charge >= 0.3 is 11.9 Å². The number of fused-ring (bicyclic) bond motifs is 2. The lowest BCUT2D eigenvalue weighted by Gasteiger charge is -2.17. The van der Waals surface area contributed by atoms with Crippen LogP contribution in [0.4, 0.5) is 0 Å². The van der Waals surface area contributed by atoms with Gasteiger partial charge < -0.3 is 19.0 Å². The number of benzene rings is 1. The number of carbonyl (C=O) groups excluding carboxylic acids is 2. The summed E-state index contributed by atoms with van der Waals surface area (Å²) >= 11 is 0. The van der Waals surface area contributed by atoms with E-state index >= 15 is 0 Å². The molecule has 0 bridgehead atoms. The highest BCUT2D eigenvalue weighted by Crippen LogP contribution is 2.34. The number of esters is 2. The second-order valence-corrected chi connectivity index (χ2v) is 7.36. The third-order valence-electron chi connectivity index (χ3n) is 5.08. The molecule has 4 aromatic rings. The minimum absolute atomic E-state index is 0.0425. The Morgan fingerprint density at radius 3 is 2.82 bits per heavy atom. The van der Waals surface area contributed by atoms with Crippen molar-refractivity contribution in [2.75, 3.05) is 6.61 Å². The van der Waals surface area contributed by atoms with Gasteiger partial charge in [0.15, 0.2) is 11.2 Å². The third kappa shape index (κ3) is 4.05. The van der Waals surface area contributed by atoms with E-state index < -0.39 is 30.4 Å². The molecule has 3 aromatic heterocycles. The first-order valence-corrected chi connectivity index (χ1v) is 10.1. The Hall–Kier alpha value is -4.13. The highest BCUT2D eigenvalue weighted by atomic mass is 16.7. The van der Waals surface area contributed by atoms with Crippen LogP contribution in [0.5, 0.6) is 5.88 Å². The first-order chi connectivity index (χ1) is 16.0. The summed E-state index contributed by atoms with van der Waals surface area (Å²) in [7, 11) is 0. The summed E-state index contributed by atoms with van der Waals surface area (Å²) in [6, 6.07) is 7.33. The maximum Gasteiger partial charge on any atom is 0.303 e. The van der Waals surface area contributed by atoms with Gasteiger partial charge in [-0.05, 0) is 17.3 Å². The molecule has 0 radical (unpaired) electrons. The van der Waals surface area contributed by atoms with Gasteiger partial charge in [-0.1, -0.05) is 17.0 Å². The predicted molar refractivity (Wildman–Crippen MR) is 110 cm³/mol. The first kappa shape index (κ1) is 20.8. The second kappa shape index (κ2) is 8.43. The van der Waals surface area contributed by atoms with Gasteiger partial charge in [-0.2, -0.15) is 4.98 Å². The maximum absolute atomic E-state index is 11.5. The summed E-state index contributed by atoms with van der Waals surface area (Å²) in [5, 5.41) is 8.05. The zero-order valence-electron chi connectivity index (χ0n) is 17.7. The molecule has 0 N–H and O–H groups in total. The molecule has 1 saturated heterocycles. The zero-order valence-corrected chi connectivity index (χ0v) is 17.7. The summed E-state index contributed by atoms with van der Waals surface area (Å²) in [5.41, 5.74) is 2.17. The molecule has 13 heteroatoms. The average molecular weight is 453 g/mol. The van der Waals surface area contributed by atoms with Crippen LogP contribution in [0.25, 0.3) is 22.2 Å². The molecule has 1 aliphatic heterocycles. The van der Waals surface area contributed by atoms with Crippen molar-refractivity contribution < 1.29 is 28.6 Å². The van der Waals surface area contributed by atoms with E-state index in [0.29, 0.717) is 28.6 Å². The quantitative estimate of drug-likeness (QED) is 0.388. The molecule has 33 heavy (non-hydrogen) atoms. The number of ether oxygens (including phenoxy) is 3. The van der Waals surface area contributed by atoms with E-state index in [1.165, 1.54) is 31.3 Å². The van der Waals surface area contributed by atoms with Gasteiger partial charge in [0, 0.05) is 20.3 Å². The molecule has 0 spiro atoms. The van der Waals surface area contributed by atoms with Crippen molar-refractivity contribution in [3.05, 3.63) is 36.9 Å². The molecule has 1 aliphatic rings. The van der Waals surface area contributed by atoms with E-state index in [4.69, 9.17) is 19.0 Å². The standard InChI is InChI=1S/C20H19N7O6/c1-11(28)30-8-16-15(31-12(2)29)7-17(32-16)26-10-23-18-19(26)21-9-22-20(18)33-27-14-6-4-3-5-13(14)24-25-27/h3-6,9-10,15-17H,7-8H2,1-2H3. The second-order valence-electron chi connectivity index (χ2n) is 7.36. The third-order valence-corrected chi connectivity index (χ3v) is 5.08. The van der Waals surface area contributed by atoms with Gasteiger partial charge in [-0.3, -0.25) is 14.2 Å². The molecule has 3 atom stereocenters. The van der Waals surface area contributed by atoms with Crippen molar-refractivity contribution in [1.29, 1.82) is 0 Å². The number of hydrogen-bond donors (Lipinski definition) is 0. The van der Waals surface area contributed by atoms with Crippen LogP contribution in [-0.4, -0.2) is 65.4 Å². The maximum atomic E-state index is 11.5. The lowest BCUT2D eigenvalue weighted by molar-refractivity contribution is -0.155. The molecule has 1 fully saturated rings. The molecule has 3 unspecified atom stereocenters. The fraction of sp³-hybridized carbons (Fsp3) is 0.350. The predicted octanol–water partition coefficient (Wildman–Crippen LogP) is 1.20. The molecule has 4 heterocycles. The van der Waals surface area contributed by atoms with Crippen LogP contribution in [0.3, 0.4) is 0 Å². The van der Waals surface area contributed by atoms with E-state index in [1.54, 1.807) is 4.57 Å². The molecule has 0 saturated carbocycles. The number of aromatic nitrogens is 7. The molecule has 0 amide bonds. The first-order valence-electron chi connectivity index (χ1n) is 10.1. The molecule has 1 aromatic carbocycles. The van der Waals surface area contributed by atoms with Gasteiger partial charge in [0.05, 0.1) is 6.33 Å². The van der Waals surface area contributed by atoms with Crippen LogP contribution in [0.15, 0.2) is 36.9 Å². The van der Waals surface area contributed by atoms with Gasteiger partial charge in [-0.25, -0.2) is 9.97 Å². The minimum atomic E-state index is -0.626. The summed E-state index contributed by atoms with van der Waals surface area (Å²) in [4.78, 5) is 42.7. The molecular formula is C20H19N7O6. The fourth-order valence-corrected chi connectivity index (χ4v) is 3.66. The smallest absolute Gasteiger partial charge is 0.303 e. The van der Waals surface area contributed by atoms with E-state index in [9.17, 15) is 9.59 Å². The summed E-state index contributed by atoms with van der Waals surface area (Å²) in [6.07, 6.45) is 1.42. The monoisotopic (exact) mass is 453 g/mol. The van der Waals surface area contributed by atoms with Crippen LogP contribution in [0.2, 0.25) is 0 Å². The van der Waals surface area contributed by atoms with Crippen molar-refractivity contribution in [2.24, 2.45) is 0 Å². The van der Waals surface area contributed by atoms with Crippen molar-refractivity contribution in [1.82, 2.24) is 34.7 Å². The molecule has 13 nitrogen and oxygen atoms in total. The van der Waals surface area contributed by atoms with E-state index in [2.05, 4.69) is 25.3 Å². The number of para-hydroxylation sites is 1. The fourth-order valence-electron chi connectivity index (χ4n) is 3.66. The number of nitrogens with zero attached hydrogens (tertiary/aromatic N) is 7. The summed E-state index contributed by atoms with van der Waals surface area (Å²) < 4.78 is 18.1. The van der Waals surface area contributed by atoms with Crippen molar-refractivity contribution in [2.45, 2.75) is 38.7 Å². The summed E-state index contributed by atoms with van der Waals surface area (Å²) in [6.45, 7) is 2.57. The Bertz CT molecular complexity index is 1330. The van der Waals surface area contributed by atoms with Crippen molar-refractivity contribution in [3.63, 3.8) is 0 Å². The molecular weight excluding hydrogens is 434 g/mol. The van der Waals surface area contributed by atoms with Crippen LogP contribution in [-0.2, 0) is 23.8 Å². The van der Waals surface area contributed by atoms with Crippen LogP contribution < -0.4 is 4.84 Å². The number of carbonyl (C=O) groups is 2. The van der Waals surface area contributed by atoms with Crippen LogP contribution in [0, 0.1) is 0 Å². The minimum Gasteiger partial charge on any atom is -0.463 e. The molecule has 5 rings (SSSR count). The Morgan fingerprint density at radius 2 is 2.00 bits per heavy atom. The zero-order chi connectivity index (χ0) is 22.9. The highest BCUT2D eigenvalue weighted by molar-refractivity contribution is 5.77. The molecule has 0 aliphatic carbocycles. The topological polar surface area (TPSA) is 145 Å². The van der Waals surface area contributed by atoms with Gasteiger partial charge in [0.2, 0.25) is 0 Å². The SMILES string of the molecule is CC(=O)OCC1OC(n2cnc3c(On4nnc5ccccc54)ncnc32)CC1OC(C)=O. The Balaban J connectivity index is 1.42. The lowest BCUT2D eigenvalue weighted by atomic mass is 10.2. The number of hydrogen-bond acceptors (Lipinski definition) is 11. The molecule has 170 valence electrons. The Kier molecular flexibility index (Phi) is 5.30. The van der Waals surface area contributed by atoms with E-state index in [-0.39, 0.29) is 12.5 Å². The Labute approximate surface area is 186 Å². The van der Waals surface area contributed by atoms with Crippen molar-refractivity contribution in [3.8, 4) is 5.88 Å². The number of imidazole rings is 1. The van der Waals surface area contributed by atoms with E-state index in [0.717, 1.165) is 0 Å². The van der Waals surface area contributed by atoms with Gasteiger partial charge in [0.1, 0.15) is 42.4 Å². The highest BCUT2D eigenvalue weighted by Gasteiger charge is 2.40. The van der Waals surface area contributed by atoms with Gasteiger partial charge in [-0.15, -0.1) is 5.10 Å². The normalized spacial score (nSPS) is 20.2. The average Bonchev–Trinajstić information content (AvgIpc) is 3.49. The van der Waals surface area contributed by atoms with Crippen LogP contribution in [0.1, 0.15) is 26.5 Å². The van der Waals surface area contributed by atoms with Crippen molar-refractivity contribution >= 4 is 34.1 Å².